The Hall–Kier alpha value is -2.38. The van der Waals surface area contributed by atoms with Crippen LogP contribution in [0.1, 0.15) is 0 Å². The van der Waals surface area contributed by atoms with E-state index in [1.807, 2.05) is 0 Å². The molecule has 0 saturated heterocycles. The average molecular weight is 333 g/mol. The maximum atomic E-state index is 13.9. The van der Waals surface area contributed by atoms with Gasteiger partial charge in [0.1, 0.15) is 5.82 Å². The molecular weight excluding hydrogens is 321 g/mol. The van der Waals surface area contributed by atoms with Gasteiger partial charge in [0.25, 0.3) is 0 Å². The van der Waals surface area contributed by atoms with Crippen LogP contribution in [0.3, 0.4) is 0 Å². The molecule has 0 heterocycles. The van der Waals surface area contributed by atoms with Gasteiger partial charge in [0, 0.05) is 11.1 Å². The summed E-state index contributed by atoms with van der Waals surface area (Å²) in [5, 5.41) is 0.878. The number of hydrogen-bond donors (Lipinski definition) is 3. The second-order valence-electron chi connectivity index (χ2n) is 4.34. The van der Waals surface area contributed by atoms with Crippen molar-refractivity contribution in [3.63, 3.8) is 0 Å². The Morgan fingerprint density at radius 1 is 1.14 bits per heavy atom. The summed E-state index contributed by atoms with van der Waals surface area (Å²) in [5.41, 5.74) is 17.3. The second-order valence-corrected chi connectivity index (χ2v) is 5.28. The first-order chi connectivity index (χ1) is 10.4. The third-order valence-corrected chi connectivity index (χ3v) is 3.40. The lowest BCUT2D eigenvalue weighted by molar-refractivity contribution is 0.631. The largest absolute Gasteiger partial charge is 0.370 e. The van der Waals surface area contributed by atoms with E-state index in [9.17, 15) is 4.39 Å². The standard InChI is InChI=1S/C14H12ClFN5Si/c15-9-5-7(20-14(19)21-13(17)18)6-11(22)12(9)8-3-1-2-4-10(8)16/h1-6H,(H6,17,18,19,20,21). The summed E-state index contributed by atoms with van der Waals surface area (Å²) in [6.07, 6.45) is 0. The number of aliphatic imine (C=N–C) groups is 2. The van der Waals surface area contributed by atoms with E-state index < -0.39 is 0 Å². The molecule has 0 spiro atoms. The fourth-order valence-electron chi connectivity index (χ4n) is 1.88. The summed E-state index contributed by atoms with van der Waals surface area (Å²) in [6, 6.07) is 9.51. The first-order valence-electron chi connectivity index (χ1n) is 6.12. The minimum atomic E-state index is -0.375. The van der Waals surface area contributed by atoms with Gasteiger partial charge >= 0.3 is 0 Å². The Labute approximate surface area is 135 Å². The molecule has 0 amide bonds. The Bertz CT molecular complexity index is 749. The molecule has 0 aliphatic heterocycles. The predicted molar refractivity (Wildman–Crippen MR) is 89.3 cm³/mol. The minimum absolute atomic E-state index is 0.110. The lowest BCUT2D eigenvalue weighted by atomic mass is 10.0. The molecule has 0 bridgehead atoms. The van der Waals surface area contributed by atoms with Crippen molar-refractivity contribution in [2.75, 3.05) is 0 Å². The highest BCUT2D eigenvalue weighted by molar-refractivity contribution is 6.42. The van der Waals surface area contributed by atoms with Gasteiger partial charge in [-0.15, -0.1) is 0 Å². The Balaban J connectivity index is 2.51. The van der Waals surface area contributed by atoms with Crippen molar-refractivity contribution in [1.29, 1.82) is 0 Å². The van der Waals surface area contributed by atoms with Crippen LogP contribution in [0.2, 0.25) is 5.02 Å². The minimum Gasteiger partial charge on any atom is -0.370 e. The first kappa shape index (κ1) is 16.0. The van der Waals surface area contributed by atoms with E-state index in [1.54, 1.807) is 30.3 Å². The molecule has 22 heavy (non-hydrogen) atoms. The molecular formula is C14H12ClFN5Si. The molecule has 8 heteroatoms. The maximum absolute atomic E-state index is 13.9. The third-order valence-electron chi connectivity index (χ3n) is 2.71. The monoisotopic (exact) mass is 332 g/mol. The molecule has 2 rings (SSSR count). The third kappa shape index (κ3) is 3.63. The topological polar surface area (TPSA) is 103 Å². The summed E-state index contributed by atoms with van der Waals surface area (Å²) in [5.74, 6) is -0.685. The fraction of sp³-hybridized carbons (Fsp3) is 0. The van der Waals surface area contributed by atoms with E-state index in [2.05, 4.69) is 20.2 Å². The van der Waals surface area contributed by atoms with Crippen LogP contribution in [-0.2, 0) is 0 Å². The first-order valence-corrected chi connectivity index (χ1v) is 7.00. The number of hydrogen-bond acceptors (Lipinski definition) is 1. The normalized spacial score (nSPS) is 11.3. The zero-order chi connectivity index (χ0) is 16.3. The fourth-order valence-corrected chi connectivity index (χ4v) is 2.70. The van der Waals surface area contributed by atoms with Gasteiger partial charge in [0.2, 0.25) is 5.96 Å². The van der Waals surface area contributed by atoms with Gasteiger partial charge in [0.05, 0.1) is 21.0 Å². The van der Waals surface area contributed by atoms with Crippen molar-refractivity contribution in [2.45, 2.75) is 0 Å². The van der Waals surface area contributed by atoms with Gasteiger partial charge < -0.3 is 17.2 Å². The summed E-state index contributed by atoms with van der Waals surface area (Å²) in [4.78, 5) is 7.62. The van der Waals surface area contributed by atoms with Gasteiger partial charge in [-0.2, -0.15) is 4.99 Å². The molecule has 6 N–H and O–H groups in total. The van der Waals surface area contributed by atoms with E-state index >= 15 is 0 Å². The van der Waals surface area contributed by atoms with Crippen molar-refractivity contribution in [3.05, 3.63) is 47.2 Å². The highest BCUT2D eigenvalue weighted by atomic mass is 35.5. The molecule has 5 nitrogen and oxygen atoms in total. The van der Waals surface area contributed by atoms with Gasteiger partial charge in [-0.1, -0.05) is 35.0 Å². The van der Waals surface area contributed by atoms with Crippen LogP contribution in [0.4, 0.5) is 10.1 Å². The summed E-state index contributed by atoms with van der Waals surface area (Å²) < 4.78 is 13.9. The highest BCUT2D eigenvalue weighted by Gasteiger charge is 2.12. The van der Waals surface area contributed by atoms with Crippen molar-refractivity contribution >= 4 is 44.6 Å². The highest BCUT2D eigenvalue weighted by Crippen LogP contribution is 2.31. The Morgan fingerprint density at radius 3 is 2.41 bits per heavy atom. The van der Waals surface area contributed by atoms with Crippen LogP contribution in [0.5, 0.6) is 0 Å². The molecule has 0 unspecified atom stereocenters. The summed E-state index contributed by atoms with van der Waals surface area (Å²) >= 11 is 6.24. The number of rotatable bonds is 2. The van der Waals surface area contributed by atoms with Gasteiger partial charge in [-0.25, -0.2) is 9.38 Å². The Morgan fingerprint density at radius 2 is 1.82 bits per heavy atom. The van der Waals surface area contributed by atoms with Crippen LogP contribution in [0, 0.1) is 5.82 Å². The molecule has 2 aromatic carbocycles. The average Bonchev–Trinajstić information content (AvgIpc) is 2.39. The molecule has 111 valence electrons. The second kappa shape index (κ2) is 6.59. The lowest BCUT2D eigenvalue weighted by Gasteiger charge is -2.11. The van der Waals surface area contributed by atoms with Crippen molar-refractivity contribution in [3.8, 4) is 11.1 Å². The van der Waals surface area contributed by atoms with Crippen molar-refractivity contribution in [2.24, 2.45) is 27.2 Å². The van der Waals surface area contributed by atoms with Crippen LogP contribution < -0.4 is 22.4 Å². The number of halogens is 2. The molecule has 0 atom stereocenters. The zero-order valence-electron chi connectivity index (χ0n) is 11.3. The van der Waals surface area contributed by atoms with Crippen molar-refractivity contribution in [1.82, 2.24) is 0 Å². The molecule has 2 aromatic rings. The van der Waals surface area contributed by atoms with Crippen LogP contribution in [0.25, 0.3) is 11.1 Å². The molecule has 0 aliphatic carbocycles. The van der Waals surface area contributed by atoms with Crippen LogP contribution in [0.15, 0.2) is 46.4 Å². The lowest BCUT2D eigenvalue weighted by Crippen LogP contribution is -2.26. The number of benzene rings is 2. The van der Waals surface area contributed by atoms with E-state index in [4.69, 9.17) is 28.8 Å². The number of nitrogens with two attached hydrogens (primary N) is 3. The van der Waals surface area contributed by atoms with E-state index in [0.717, 1.165) is 0 Å². The summed E-state index contributed by atoms with van der Waals surface area (Å²) in [7, 11) is 3.42. The van der Waals surface area contributed by atoms with Crippen LogP contribution in [-0.4, -0.2) is 22.2 Å². The summed E-state index contributed by atoms with van der Waals surface area (Å²) in [6.45, 7) is 0. The van der Waals surface area contributed by atoms with Crippen LogP contribution >= 0.6 is 11.6 Å². The van der Waals surface area contributed by atoms with Gasteiger partial charge in [-0.3, -0.25) is 0 Å². The Kier molecular flexibility index (Phi) is 4.79. The molecule has 3 radical (unpaired) electrons. The SMILES string of the molecule is NC(N)=NC(N)=Nc1cc([Si])c(-c2ccccc2F)c(Cl)c1. The molecule has 0 fully saturated rings. The van der Waals surface area contributed by atoms with E-state index in [-0.39, 0.29) is 17.7 Å². The van der Waals surface area contributed by atoms with E-state index in [0.29, 0.717) is 27.0 Å². The van der Waals surface area contributed by atoms with Gasteiger partial charge in [-0.05, 0) is 18.2 Å². The zero-order valence-corrected chi connectivity index (χ0v) is 13.1. The molecule has 0 aromatic heterocycles. The predicted octanol–water partition coefficient (Wildman–Crippen LogP) is 1.16. The molecule has 0 saturated carbocycles. The number of guanidine groups is 2. The molecule has 0 aliphatic rings. The van der Waals surface area contributed by atoms with E-state index in [1.165, 1.54) is 6.07 Å². The number of nitrogens with zero attached hydrogens (tertiary/aromatic N) is 2. The van der Waals surface area contributed by atoms with Gasteiger partial charge in [0.15, 0.2) is 5.96 Å². The quantitative estimate of drug-likeness (QED) is 0.437. The maximum Gasteiger partial charge on any atom is 0.223 e. The van der Waals surface area contributed by atoms with Crippen molar-refractivity contribution < 1.29 is 4.39 Å². The smallest absolute Gasteiger partial charge is 0.223 e.